The first-order valence-electron chi connectivity index (χ1n) is 6.99. The third-order valence-electron chi connectivity index (χ3n) is 3.88. The predicted molar refractivity (Wildman–Crippen MR) is 83.6 cm³/mol. The molecule has 0 fully saturated rings. The molecule has 0 aliphatic carbocycles. The molecule has 23 heavy (non-hydrogen) atoms. The fourth-order valence-corrected chi connectivity index (χ4v) is 4.64. The lowest BCUT2D eigenvalue weighted by atomic mass is 10.1. The Morgan fingerprint density at radius 2 is 1.96 bits per heavy atom. The molecule has 1 atom stereocenters. The molecule has 1 aromatic carbocycles. The number of carbonyl (C=O) groups excluding carboxylic acids is 1. The van der Waals surface area contributed by atoms with E-state index in [9.17, 15) is 18.0 Å². The van der Waals surface area contributed by atoms with Crippen LogP contribution in [0.3, 0.4) is 0 Å². The van der Waals surface area contributed by atoms with Crippen LogP contribution >= 0.6 is 0 Å². The van der Waals surface area contributed by atoms with E-state index in [1.807, 2.05) is 30.3 Å². The Labute approximate surface area is 133 Å². The normalized spacial score (nSPS) is 18.4. The first-order chi connectivity index (χ1) is 10.9. The molecule has 3 rings (SSSR count). The van der Waals surface area contributed by atoms with Gasteiger partial charge in [-0.2, -0.15) is 0 Å². The van der Waals surface area contributed by atoms with E-state index in [2.05, 4.69) is 4.74 Å². The van der Waals surface area contributed by atoms with Crippen molar-refractivity contribution in [2.45, 2.75) is 17.5 Å². The van der Waals surface area contributed by atoms with Crippen LogP contribution in [0.4, 0.5) is 0 Å². The standard InChI is InChI=1S/C16H15NO5S/c1-22-16(19)14-13-12(10-23(14,20)21)7-8-17(15(13)18)9-11-5-3-2-4-6-11/h2-8,14H,9-10H2,1H3. The van der Waals surface area contributed by atoms with Gasteiger partial charge in [-0.1, -0.05) is 30.3 Å². The number of hydrogen-bond acceptors (Lipinski definition) is 5. The minimum Gasteiger partial charge on any atom is -0.468 e. The van der Waals surface area contributed by atoms with Crippen molar-refractivity contribution in [3.05, 3.63) is 69.6 Å². The van der Waals surface area contributed by atoms with Gasteiger partial charge in [0.15, 0.2) is 15.1 Å². The maximum absolute atomic E-state index is 12.7. The fourth-order valence-electron chi connectivity index (χ4n) is 2.79. The lowest BCUT2D eigenvalue weighted by Crippen LogP contribution is -2.29. The van der Waals surface area contributed by atoms with Crippen molar-refractivity contribution < 1.29 is 17.9 Å². The van der Waals surface area contributed by atoms with Gasteiger partial charge in [-0.15, -0.1) is 0 Å². The maximum Gasteiger partial charge on any atom is 0.328 e. The molecule has 120 valence electrons. The summed E-state index contributed by atoms with van der Waals surface area (Å²) in [6.07, 6.45) is 1.56. The summed E-state index contributed by atoms with van der Waals surface area (Å²) < 4.78 is 30.4. The summed E-state index contributed by atoms with van der Waals surface area (Å²) in [6.45, 7) is 0.306. The van der Waals surface area contributed by atoms with E-state index in [0.29, 0.717) is 12.1 Å². The summed E-state index contributed by atoms with van der Waals surface area (Å²) in [4.78, 5) is 24.5. The first kappa shape index (κ1) is 15.5. The Morgan fingerprint density at radius 1 is 1.26 bits per heavy atom. The van der Waals surface area contributed by atoms with E-state index >= 15 is 0 Å². The third-order valence-corrected chi connectivity index (χ3v) is 5.74. The van der Waals surface area contributed by atoms with Crippen molar-refractivity contribution in [2.24, 2.45) is 0 Å². The average molecular weight is 333 g/mol. The van der Waals surface area contributed by atoms with Gasteiger partial charge in [0.1, 0.15) is 0 Å². The highest BCUT2D eigenvalue weighted by atomic mass is 32.2. The Kier molecular flexibility index (Phi) is 3.81. The second-order valence-corrected chi connectivity index (χ2v) is 7.47. The van der Waals surface area contributed by atoms with E-state index < -0.39 is 26.6 Å². The van der Waals surface area contributed by atoms with Gasteiger partial charge < -0.3 is 9.30 Å². The van der Waals surface area contributed by atoms with E-state index in [0.717, 1.165) is 12.7 Å². The van der Waals surface area contributed by atoms with Crippen LogP contribution in [0, 0.1) is 0 Å². The van der Waals surface area contributed by atoms with E-state index in [-0.39, 0.29) is 11.3 Å². The van der Waals surface area contributed by atoms with Gasteiger partial charge in [0, 0.05) is 6.20 Å². The maximum atomic E-state index is 12.7. The van der Waals surface area contributed by atoms with Crippen LogP contribution in [0.15, 0.2) is 47.4 Å². The van der Waals surface area contributed by atoms with Crippen molar-refractivity contribution in [3.63, 3.8) is 0 Å². The molecule has 1 aromatic heterocycles. The molecule has 0 N–H and O–H groups in total. The summed E-state index contributed by atoms with van der Waals surface area (Å²) in [6, 6.07) is 10.9. The Morgan fingerprint density at radius 3 is 2.61 bits per heavy atom. The van der Waals surface area contributed by atoms with Crippen LogP contribution in [0.1, 0.15) is 21.9 Å². The quantitative estimate of drug-likeness (QED) is 0.784. The number of nitrogens with zero attached hydrogens (tertiary/aromatic N) is 1. The van der Waals surface area contributed by atoms with Crippen molar-refractivity contribution >= 4 is 15.8 Å². The highest BCUT2D eigenvalue weighted by Crippen LogP contribution is 2.34. The molecule has 0 saturated heterocycles. The van der Waals surface area contributed by atoms with E-state index in [1.54, 1.807) is 12.3 Å². The molecule has 7 heteroatoms. The third kappa shape index (κ3) is 2.68. The number of methoxy groups -OCH3 is 1. The van der Waals surface area contributed by atoms with Gasteiger partial charge in [0.05, 0.1) is 25.0 Å². The molecule has 1 aliphatic heterocycles. The lowest BCUT2D eigenvalue weighted by molar-refractivity contribution is -0.140. The van der Waals surface area contributed by atoms with Crippen molar-refractivity contribution in [1.82, 2.24) is 4.57 Å². The van der Waals surface area contributed by atoms with Gasteiger partial charge in [0.25, 0.3) is 5.56 Å². The second-order valence-electron chi connectivity index (χ2n) is 5.38. The van der Waals surface area contributed by atoms with Gasteiger partial charge >= 0.3 is 5.97 Å². The molecule has 6 nitrogen and oxygen atoms in total. The first-order valence-corrected chi connectivity index (χ1v) is 8.71. The monoisotopic (exact) mass is 333 g/mol. The number of pyridine rings is 1. The molecule has 0 bridgehead atoms. The van der Waals surface area contributed by atoms with Gasteiger partial charge in [0.2, 0.25) is 0 Å². The van der Waals surface area contributed by atoms with Crippen LogP contribution in [-0.4, -0.2) is 26.1 Å². The average Bonchev–Trinajstić information content (AvgIpc) is 2.81. The number of sulfone groups is 1. The zero-order chi connectivity index (χ0) is 16.6. The predicted octanol–water partition coefficient (Wildman–Crippen LogP) is 1.04. The van der Waals surface area contributed by atoms with Crippen molar-refractivity contribution in [3.8, 4) is 0 Å². The number of aromatic nitrogens is 1. The molecular formula is C16H15NO5S. The molecule has 2 heterocycles. The largest absolute Gasteiger partial charge is 0.468 e. The van der Waals surface area contributed by atoms with Crippen LogP contribution < -0.4 is 5.56 Å². The fraction of sp³-hybridized carbons (Fsp3) is 0.250. The number of fused-ring (bicyclic) bond motifs is 1. The lowest BCUT2D eigenvalue weighted by Gasteiger charge is -2.11. The SMILES string of the molecule is COC(=O)C1c2c(ccn(Cc3ccccc3)c2=O)CS1(=O)=O. The molecule has 0 spiro atoms. The molecule has 1 aliphatic rings. The number of hydrogen-bond donors (Lipinski definition) is 0. The van der Waals surface area contributed by atoms with Crippen LogP contribution in [0.25, 0.3) is 0 Å². The van der Waals surface area contributed by atoms with Crippen LogP contribution in [0.5, 0.6) is 0 Å². The van der Waals surface area contributed by atoms with Gasteiger partial charge in [-0.25, -0.2) is 8.42 Å². The summed E-state index contributed by atoms with van der Waals surface area (Å²) in [5.41, 5.74) is 0.817. The minimum atomic E-state index is -3.76. The number of rotatable bonds is 3. The van der Waals surface area contributed by atoms with Gasteiger partial charge in [-0.05, 0) is 17.2 Å². The van der Waals surface area contributed by atoms with Crippen molar-refractivity contribution in [1.29, 1.82) is 0 Å². The molecule has 1 unspecified atom stereocenters. The molecular weight excluding hydrogens is 318 g/mol. The Hall–Kier alpha value is -2.41. The molecule has 0 amide bonds. The zero-order valence-corrected chi connectivity index (χ0v) is 13.2. The molecule has 0 saturated carbocycles. The van der Waals surface area contributed by atoms with Gasteiger partial charge in [-0.3, -0.25) is 9.59 Å². The van der Waals surface area contributed by atoms with E-state index in [1.165, 1.54) is 4.57 Å². The summed E-state index contributed by atoms with van der Waals surface area (Å²) >= 11 is 0. The Bertz CT molecular complexity index is 915. The smallest absolute Gasteiger partial charge is 0.328 e. The minimum absolute atomic E-state index is 0.00952. The topological polar surface area (TPSA) is 82.4 Å². The number of esters is 1. The number of ether oxygens (including phenoxy) is 1. The summed E-state index contributed by atoms with van der Waals surface area (Å²) in [5.74, 6) is -1.23. The molecule has 2 aromatic rings. The number of benzene rings is 1. The zero-order valence-electron chi connectivity index (χ0n) is 12.4. The molecule has 0 radical (unpaired) electrons. The van der Waals surface area contributed by atoms with Crippen molar-refractivity contribution in [2.75, 3.05) is 7.11 Å². The number of carbonyl (C=O) groups is 1. The summed E-state index contributed by atoms with van der Waals surface area (Å²) in [7, 11) is -2.65. The van der Waals surface area contributed by atoms with Crippen LogP contribution in [0.2, 0.25) is 0 Å². The highest BCUT2D eigenvalue weighted by Gasteiger charge is 2.45. The van der Waals surface area contributed by atoms with E-state index in [4.69, 9.17) is 0 Å². The Balaban J connectivity index is 2.10. The summed E-state index contributed by atoms with van der Waals surface area (Å²) in [5, 5.41) is -1.53. The highest BCUT2D eigenvalue weighted by molar-refractivity contribution is 7.91. The second kappa shape index (κ2) is 5.66. The van der Waals surface area contributed by atoms with Crippen LogP contribution in [-0.2, 0) is 31.7 Å².